The summed E-state index contributed by atoms with van der Waals surface area (Å²) in [5.41, 5.74) is 7.31. The SMILES string of the molecule is COc1ccc(C(CNC(N)=NCc2ccco2)N2CCCCC2)cc1. The van der Waals surface area contributed by atoms with E-state index in [0.717, 1.165) is 31.1 Å². The second kappa shape index (κ2) is 9.29. The molecule has 1 unspecified atom stereocenters. The summed E-state index contributed by atoms with van der Waals surface area (Å²) in [6.07, 6.45) is 5.44. The van der Waals surface area contributed by atoms with Crippen molar-refractivity contribution in [2.45, 2.75) is 31.8 Å². The van der Waals surface area contributed by atoms with Crippen LogP contribution in [-0.4, -0.2) is 37.6 Å². The van der Waals surface area contributed by atoms with E-state index in [0.29, 0.717) is 12.5 Å². The molecule has 3 rings (SSSR count). The maximum absolute atomic E-state index is 6.05. The lowest BCUT2D eigenvalue weighted by Crippen LogP contribution is -2.42. The molecule has 2 aromatic rings. The molecule has 1 atom stereocenters. The highest BCUT2D eigenvalue weighted by atomic mass is 16.5. The molecule has 1 aliphatic heterocycles. The van der Waals surface area contributed by atoms with Crippen LogP contribution in [0.15, 0.2) is 52.1 Å². The molecule has 1 saturated heterocycles. The zero-order valence-electron chi connectivity index (χ0n) is 15.4. The van der Waals surface area contributed by atoms with Crippen LogP contribution in [-0.2, 0) is 6.54 Å². The zero-order valence-corrected chi connectivity index (χ0v) is 15.4. The normalized spacial score (nSPS) is 17.0. The molecular formula is C20H28N4O2. The summed E-state index contributed by atoms with van der Waals surface area (Å²) in [5.74, 6) is 2.12. The molecule has 0 radical (unpaired) electrons. The molecule has 1 fully saturated rings. The minimum atomic E-state index is 0.263. The third-order valence-electron chi connectivity index (χ3n) is 4.79. The Morgan fingerprint density at radius 2 is 2.00 bits per heavy atom. The maximum atomic E-state index is 6.05. The van der Waals surface area contributed by atoms with Gasteiger partial charge < -0.3 is 20.2 Å². The van der Waals surface area contributed by atoms with Gasteiger partial charge in [0.2, 0.25) is 0 Å². The lowest BCUT2D eigenvalue weighted by molar-refractivity contribution is 0.164. The molecule has 0 amide bonds. The molecule has 1 aliphatic rings. The highest BCUT2D eigenvalue weighted by Crippen LogP contribution is 2.25. The maximum Gasteiger partial charge on any atom is 0.189 e. The molecule has 1 aromatic carbocycles. The topological polar surface area (TPSA) is 76.0 Å². The number of piperidine rings is 1. The van der Waals surface area contributed by atoms with Gasteiger partial charge in [0.1, 0.15) is 18.1 Å². The van der Waals surface area contributed by atoms with Crippen molar-refractivity contribution in [2.75, 3.05) is 26.7 Å². The first-order valence-electron chi connectivity index (χ1n) is 9.20. The van der Waals surface area contributed by atoms with Crippen molar-refractivity contribution in [1.82, 2.24) is 10.2 Å². The fraction of sp³-hybridized carbons (Fsp3) is 0.450. The lowest BCUT2D eigenvalue weighted by Gasteiger charge is -2.35. The van der Waals surface area contributed by atoms with Crippen LogP contribution in [0, 0.1) is 0 Å². The molecule has 0 saturated carbocycles. The van der Waals surface area contributed by atoms with Gasteiger partial charge in [-0.05, 0) is 55.8 Å². The van der Waals surface area contributed by atoms with Crippen LogP contribution in [0.5, 0.6) is 5.75 Å². The number of likely N-dealkylation sites (tertiary alicyclic amines) is 1. The Bertz CT molecular complexity index is 676. The van der Waals surface area contributed by atoms with Crippen molar-refractivity contribution >= 4 is 5.96 Å². The molecule has 2 heterocycles. The molecule has 1 aromatic heterocycles. The third kappa shape index (κ3) is 5.02. The second-order valence-corrected chi connectivity index (χ2v) is 6.55. The van der Waals surface area contributed by atoms with E-state index in [2.05, 4.69) is 27.3 Å². The zero-order chi connectivity index (χ0) is 18.2. The van der Waals surface area contributed by atoms with Crippen LogP contribution in [0.4, 0.5) is 0 Å². The number of hydrogen-bond acceptors (Lipinski definition) is 4. The number of ether oxygens (including phenoxy) is 1. The molecule has 6 nitrogen and oxygen atoms in total. The van der Waals surface area contributed by atoms with Gasteiger partial charge in [0.25, 0.3) is 0 Å². The molecule has 0 spiro atoms. The largest absolute Gasteiger partial charge is 0.497 e. The van der Waals surface area contributed by atoms with Gasteiger partial charge in [-0.2, -0.15) is 0 Å². The first-order valence-corrected chi connectivity index (χ1v) is 9.20. The summed E-state index contributed by atoms with van der Waals surface area (Å²) in [6, 6.07) is 12.3. The van der Waals surface area contributed by atoms with Crippen LogP contribution >= 0.6 is 0 Å². The van der Waals surface area contributed by atoms with E-state index in [4.69, 9.17) is 14.9 Å². The van der Waals surface area contributed by atoms with Crippen molar-refractivity contribution in [3.05, 3.63) is 54.0 Å². The number of furan rings is 1. The van der Waals surface area contributed by atoms with E-state index in [-0.39, 0.29) is 6.04 Å². The van der Waals surface area contributed by atoms with Crippen molar-refractivity contribution in [2.24, 2.45) is 10.7 Å². The van der Waals surface area contributed by atoms with Crippen molar-refractivity contribution < 1.29 is 9.15 Å². The Hall–Kier alpha value is -2.47. The standard InChI is InChI=1S/C20H28N4O2/c1-25-17-9-7-16(8-10-17)19(24-11-3-2-4-12-24)15-23-20(21)22-14-18-6-5-13-26-18/h5-10,13,19H,2-4,11-12,14-15H2,1H3,(H3,21,22,23). The van der Waals surface area contributed by atoms with Gasteiger partial charge in [-0.25, -0.2) is 4.99 Å². The van der Waals surface area contributed by atoms with E-state index in [9.17, 15) is 0 Å². The number of rotatable bonds is 7. The number of hydrogen-bond donors (Lipinski definition) is 2. The van der Waals surface area contributed by atoms with Crippen molar-refractivity contribution in [3.63, 3.8) is 0 Å². The Morgan fingerprint density at radius 3 is 2.65 bits per heavy atom. The van der Waals surface area contributed by atoms with Gasteiger partial charge in [-0.15, -0.1) is 0 Å². The summed E-state index contributed by atoms with van der Waals surface area (Å²) in [7, 11) is 1.69. The van der Waals surface area contributed by atoms with E-state index in [1.165, 1.54) is 24.8 Å². The summed E-state index contributed by atoms with van der Waals surface area (Å²) < 4.78 is 10.6. The smallest absolute Gasteiger partial charge is 0.189 e. The molecule has 140 valence electrons. The van der Waals surface area contributed by atoms with E-state index >= 15 is 0 Å². The van der Waals surface area contributed by atoms with Crippen LogP contribution in [0.2, 0.25) is 0 Å². The van der Waals surface area contributed by atoms with Crippen LogP contribution in [0.3, 0.4) is 0 Å². The van der Waals surface area contributed by atoms with Gasteiger partial charge in [-0.3, -0.25) is 4.90 Å². The quantitative estimate of drug-likeness (QED) is 0.589. The number of nitrogens with zero attached hydrogens (tertiary/aromatic N) is 2. The average molecular weight is 356 g/mol. The fourth-order valence-electron chi connectivity index (χ4n) is 3.34. The highest BCUT2D eigenvalue weighted by molar-refractivity contribution is 5.77. The Kier molecular flexibility index (Phi) is 6.55. The van der Waals surface area contributed by atoms with Crippen molar-refractivity contribution in [1.29, 1.82) is 0 Å². The number of nitrogens with two attached hydrogens (primary N) is 1. The minimum Gasteiger partial charge on any atom is -0.497 e. The number of aliphatic imine (C=N–C) groups is 1. The number of nitrogens with one attached hydrogen (secondary N) is 1. The summed E-state index contributed by atoms with van der Waals surface area (Å²) in [4.78, 5) is 6.88. The van der Waals surface area contributed by atoms with Crippen LogP contribution in [0.25, 0.3) is 0 Å². The Balaban J connectivity index is 1.65. The third-order valence-corrected chi connectivity index (χ3v) is 4.79. The Morgan fingerprint density at radius 1 is 1.23 bits per heavy atom. The number of benzene rings is 1. The summed E-state index contributed by atoms with van der Waals surface area (Å²) in [5, 5.41) is 3.28. The van der Waals surface area contributed by atoms with E-state index < -0.39 is 0 Å². The van der Waals surface area contributed by atoms with Gasteiger partial charge >= 0.3 is 0 Å². The van der Waals surface area contributed by atoms with Crippen molar-refractivity contribution in [3.8, 4) is 5.75 Å². The predicted octanol–water partition coefficient (Wildman–Crippen LogP) is 2.92. The summed E-state index contributed by atoms with van der Waals surface area (Å²) >= 11 is 0. The van der Waals surface area contributed by atoms with Gasteiger partial charge in [0.15, 0.2) is 5.96 Å². The first-order chi connectivity index (χ1) is 12.8. The molecule has 0 bridgehead atoms. The second-order valence-electron chi connectivity index (χ2n) is 6.55. The molecular weight excluding hydrogens is 328 g/mol. The van der Waals surface area contributed by atoms with E-state index in [1.807, 2.05) is 24.3 Å². The van der Waals surface area contributed by atoms with Gasteiger partial charge in [-0.1, -0.05) is 18.6 Å². The molecule has 0 aliphatic carbocycles. The lowest BCUT2D eigenvalue weighted by atomic mass is 10.0. The molecule has 3 N–H and O–H groups in total. The Labute approximate surface area is 155 Å². The highest BCUT2D eigenvalue weighted by Gasteiger charge is 2.22. The fourth-order valence-corrected chi connectivity index (χ4v) is 3.34. The monoisotopic (exact) mass is 356 g/mol. The molecule has 26 heavy (non-hydrogen) atoms. The average Bonchev–Trinajstić information content (AvgIpc) is 3.21. The first kappa shape index (κ1) is 18.3. The molecule has 6 heteroatoms. The van der Waals surface area contributed by atoms with Crippen LogP contribution in [0.1, 0.15) is 36.6 Å². The summed E-state index contributed by atoms with van der Waals surface area (Å²) in [6.45, 7) is 3.40. The predicted molar refractivity (Wildman–Crippen MR) is 103 cm³/mol. The van der Waals surface area contributed by atoms with Gasteiger partial charge in [0.05, 0.1) is 19.4 Å². The minimum absolute atomic E-state index is 0.263. The van der Waals surface area contributed by atoms with Crippen LogP contribution < -0.4 is 15.8 Å². The number of guanidine groups is 1. The number of methoxy groups -OCH3 is 1. The van der Waals surface area contributed by atoms with E-state index in [1.54, 1.807) is 13.4 Å². The van der Waals surface area contributed by atoms with Gasteiger partial charge in [0, 0.05) is 6.54 Å².